The molecule has 0 fully saturated rings. The number of hydrogen-bond acceptors (Lipinski definition) is 5. The van der Waals surface area contributed by atoms with Crippen LogP contribution in [0.15, 0.2) is 60.7 Å². The van der Waals surface area contributed by atoms with Crippen molar-refractivity contribution in [1.82, 2.24) is 25.1 Å². The van der Waals surface area contributed by atoms with E-state index in [2.05, 4.69) is 20.5 Å². The summed E-state index contributed by atoms with van der Waals surface area (Å²) in [6.07, 6.45) is 0.716. The number of aromatic amines is 1. The summed E-state index contributed by atoms with van der Waals surface area (Å²) in [6.45, 7) is 6.07. The monoisotopic (exact) mass is 515 g/mol. The number of aryl methyl sites for hydroxylation is 1. The lowest BCUT2D eigenvalue weighted by molar-refractivity contribution is 0.0944. The van der Waals surface area contributed by atoms with E-state index in [0.29, 0.717) is 34.3 Å². The number of amides is 1. The normalized spacial score (nSPS) is 11.4. The molecule has 188 valence electrons. The molecule has 0 bridgehead atoms. The van der Waals surface area contributed by atoms with Crippen LogP contribution in [-0.2, 0) is 13.0 Å². The van der Waals surface area contributed by atoms with Gasteiger partial charge in [0.15, 0.2) is 11.6 Å². The molecule has 0 radical (unpaired) electrons. The molecule has 7 nitrogen and oxygen atoms in total. The van der Waals surface area contributed by atoms with Gasteiger partial charge in [0.25, 0.3) is 5.91 Å². The molecule has 9 heteroatoms. The van der Waals surface area contributed by atoms with Crippen LogP contribution in [0.4, 0.5) is 4.39 Å². The zero-order chi connectivity index (χ0) is 26.1. The average Bonchev–Trinajstić information content (AvgIpc) is 3.63. The molecule has 3 aromatic heterocycles. The molecule has 0 aliphatic heterocycles. The number of fused-ring (bicyclic) bond motifs is 1. The van der Waals surface area contributed by atoms with E-state index in [0.717, 1.165) is 15.8 Å². The third-order valence-electron chi connectivity index (χ3n) is 6.13. The predicted octanol–water partition coefficient (Wildman–Crippen LogP) is 5.80. The van der Waals surface area contributed by atoms with Crippen molar-refractivity contribution in [1.29, 1.82) is 0 Å². The Bertz CT molecular complexity index is 1580. The van der Waals surface area contributed by atoms with Gasteiger partial charge >= 0.3 is 0 Å². The maximum absolute atomic E-state index is 14.5. The van der Waals surface area contributed by atoms with Gasteiger partial charge in [0, 0.05) is 21.7 Å². The van der Waals surface area contributed by atoms with Crippen molar-refractivity contribution in [2.24, 2.45) is 0 Å². The second-order valence-corrected chi connectivity index (χ2v) is 10.1. The third-order valence-corrected chi connectivity index (χ3v) is 7.40. The molecule has 0 aliphatic carbocycles. The number of halogens is 1. The van der Waals surface area contributed by atoms with Crippen molar-refractivity contribution in [3.8, 4) is 5.00 Å². The van der Waals surface area contributed by atoms with E-state index < -0.39 is 11.6 Å². The number of H-pyrrole nitrogens is 1. The van der Waals surface area contributed by atoms with E-state index in [4.69, 9.17) is 0 Å². The van der Waals surface area contributed by atoms with Gasteiger partial charge in [0.2, 0.25) is 0 Å². The first-order valence-corrected chi connectivity index (χ1v) is 12.9. The minimum atomic E-state index is -0.568. The molecule has 1 amide bonds. The molecule has 3 heterocycles. The number of nitrogens with zero attached hydrogens (tertiary/aromatic N) is 3. The Balaban J connectivity index is 1.51. The van der Waals surface area contributed by atoms with E-state index in [1.165, 1.54) is 23.5 Å². The number of hydrogen-bond donors (Lipinski definition) is 2. The molecule has 2 aromatic carbocycles. The lowest BCUT2D eigenvalue weighted by Gasteiger charge is -2.13. The highest BCUT2D eigenvalue weighted by molar-refractivity contribution is 7.15. The summed E-state index contributed by atoms with van der Waals surface area (Å²) in [7, 11) is 0. The van der Waals surface area contributed by atoms with Gasteiger partial charge in [-0.05, 0) is 36.8 Å². The fourth-order valence-electron chi connectivity index (χ4n) is 4.21. The lowest BCUT2D eigenvalue weighted by Crippen LogP contribution is -2.25. The third kappa shape index (κ3) is 4.70. The first-order valence-electron chi connectivity index (χ1n) is 12.1. The van der Waals surface area contributed by atoms with E-state index in [9.17, 15) is 14.0 Å². The van der Waals surface area contributed by atoms with Gasteiger partial charge in [-0.25, -0.2) is 4.39 Å². The van der Waals surface area contributed by atoms with Gasteiger partial charge in [-0.2, -0.15) is 0 Å². The number of benzene rings is 2. The molecule has 0 aliphatic rings. The van der Waals surface area contributed by atoms with Crippen LogP contribution in [0, 0.1) is 5.82 Å². The number of aromatic nitrogens is 4. The number of carbonyl (C=O) groups is 2. The second-order valence-electron chi connectivity index (χ2n) is 9.01. The van der Waals surface area contributed by atoms with E-state index in [-0.39, 0.29) is 23.9 Å². The van der Waals surface area contributed by atoms with Crippen LogP contribution in [0.3, 0.4) is 0 Å². The zero-order valence-electron chi connectivity index (χ0n) is 20.7. The lowest BCUT2D eigenvalue weighted by atomic mass is 10.0. The Labute approximate surface area is 217 Å². The molecular weight excluding hydrogens is 489 g/mol. The molecule has 5 rings (SSSR count). The number of thiophene rings is 1. The largest absolute Gasteiger partial charge is 0.351 e. The van der Waals surface area contributed by atoms with Gasteiger partial charge in [0.05, 0.1) is 17.7 Å². The van der Waals surface area contributed by atoms with E-state index in [1.807, 2.05) is 55.7 Å². The summed E-state index contributed by atoms with van der Waals surface area (Å²) in [4.78, 5) is 30.5. The van der Waals surface area contributed by atoms with Crippen LogP contribution in [0.25, 0.3) is 15.9 Å². The van der Waals surface area contributed by atoms with Crippen molar-refractivity contribution in [3.05, 3.63) is 99.8 Å². The van der Waals surface area contributed by atoms with E-state index in [1.54, 1.807) is 18.2 Å². The van der Waals surface area contributed by atoms with Crippen LogP contribution >= 0.6 is 11.3 Å². The highest BCUT2D eigenvalue weighted by atomic mass is 32.1. The Hall–Kier alpha value is -4.11. The topological polar surface area (TPSA) is 92.7 Å². The molecule has 2 N–H and O–H groups in total. The van der Waals surface area contributed by atoms with Gasteiger partial charge in [0.1, 0.15) is 22.3 Å². The molecule has 0 saturated heterocycles. The molecule has 37 heavy (non-hydrogen) atoms. The van der Waals surface area contributed by atoms with Crippen molar-refractivity contribution < 1.29 is 14.0 Å². The number of nitrogens with one attached hydrogen (secondary N) is 2. The highest BCUT2D eigenvalue weighted by Gasteiger charge is 2.26. The molecule has 0 saturated carbocycles. The number of rotatable bonds is 8. The summed E-state index contributed by atoms with van der Waals surface area (Å²) in [5.41, 5.74) is 1.71. The average molecular weight is 516 g/mol. The highest BCUT2D eigenvalue weighted by Crippen LogP contribution is 2.33. The molecule has 0 spiro atoms. The smallest absolute Gasteiger partial charge is 0.268 e. The molecule has 0 unspecified atom stereocenters. The summed E-state index contributed by atoms with van der Waals surface area (Å²) < 4.78 is 16.4. The predicted molar refractivity (Wildman–Crippen MR) is 142 cm³/mol. The first-order chi connectivity index (χ1) is 17.9. The molecule has 0 atom stereocenters. The van der Waals surface area contributed by atoms with Gasteiger partial charge in [-0.3, -0.25) is 14.2 Å². The standard InChI is InChI=1S/C28H26FN5O2S/c1-4-18-14-20(25(35)19-10-6-7-11-21(19)29)28(37-18)34-24(32-33-26(34)16(2)3)15-30-27(36)23-13-17-9-5-8-12-22(17)31-23/h5-14,16,31H,4,15H2,1-3H3,(H,30,36). The van der Waals surface area contributed by atoms with Gasteiger partial charge in [-0.1, -0.05) is 51.1 Å². The van der Waals surface area contributed by atoms with Crippen molar-refractivity contribution >= 4 is 33.9 Å². The minimum absolute atomic E-state index is 0.00533. The number of carbonyl (C=O) groups excluding carboxylic acids is 2. The summed E-state index contributed by atoms with van der Waals surface area (Å²) in [5.74, 6) is -0.113. The molecular formula is C28H26FN5O2S. The Morgan fingerprint density at radius 2 is 1.81 bits per heavy atom. The van der Waals surface area contributed by atoms with Crippen molar-refractivity contribution in [2.45, 2.75) is 39.7 Å². The molecule has 5 aromatic rings. The SMILES string of the molecule is CCc1cc(C(=O)c2ccccc2F)c(-n2c(CNC(=O)c3cc4ccccc4[nH]3)nnc2C(C)C)s1. The fourth-order valence-corrected chi connectivity index (χ4v) is 5.34. The van der Waals surface area contributed by atoms with Crippen LogP contribution in [0.2, 0.25) is 0 Å². The number of ketones is 1. The second kappa shape index (κ2) is 10.1. The van der Waals surface area contributed by atoms with Crippen molar-refractivity contribution in [2.75, 3.05) is 0 Å². The van der Waals surface area contributed by atoms with Crippen LogP contribution in [0.5, 0.6) is 0 Å². The van der Waals surface area contributed by atoms with Crippen LogP contribution in [0.1, 0.15) is 69.6 Å². The Morgan fingerprint density at radius 1 is 1.05 bits per heavy atom. The van der Waals surface area contributed by atoms with Crippen LogP contribution in [-0.4, -0.2) is 31.4 Å². The van der Waals surface area contributed by atoms with Gasteiger partial charge in [-0.15, -0.1) is 21.5 Å². The zero-order valence-corrected chi connectivity index (χ0v) is 21.5. The van der Waals surface area contributed by atoms with Crippen molar-refractivity contribution in [3.63, 3.8) is 0 Å². The number of para-hydroxylation sites is 1. The fraction of sp³-hybridized carbons (Fsp3) is 0.214. The van der Waals surface area contributed by atoms with E-state index >= 15 is 0 Å². The Kier molecular flexibility index (Phi) is 6.71. The van der Waals surface area contributed by atoms with Crippen LogP contribution < -0.4 is 5.32 Å². The minimum Gasteiger partial charge on any atom is -0.351 e. The maximum atomic E-state index is 14.5. The first kappa shape index (κ1) is 24.6. The quantitative estimate of drug-likeness (QED) is 0.256. The summed E-state index contributed by atoms with van der Waals surface area (Å²) >= 11 is 1.45. The Morgan fingerprint density at radius 3 is 2.54 bits per heavy atom. The maximum Gasteiger partial charge on any atom is 0.268 e. The summed E-state index contributed by atoms with van der Waals surface area (Å²) in [5, 5.41) is 13.2. The van der Waals surface area contributed by atoms with Gasteiger partial charge < -0.3 is 10.3 Å². The summed E-state index contributed by atoms with van der Waals surface area (Å²) in [6, 6.07) is 17.2.